The molecule has 1 aromatic rings. The molecule has 1 saturated carbocycles. The van der Waals surface area contributed by atoms with E-state index in [1.54, 1.807) is 18.2 Å². The standard InChI is InChI=1S/C14H17Cl2NO2/c1-19-13-7-11(16)4-5-12(13)14(18)17-8-9-2-3-10(15)6-9/h4-5,7,9-10H,2-3,6,8H2,1H3,(H,17,18). The largest absolute Gasteiger partial charge is 0.496 e. The van der Waals surface area contributed by atoms with E-state index in [9.17, 15) is 4.79 Å². The van der Waals surface area contributed by atoms with E-state index >= 15 is 0 Å². The molecule has 0 aliphatic heterocycles. The van der Waals surface area contributed by atoms with E-state index < -0.39 is 0 Å². The molecule has 3 nitrogen and oxygen atoms in total. The van der Waals surface area contributed by atoms with Gasteiger partial charge in [0.05, 0.1) is 12.7 Å². The molecule has 2 atom stereocenters. The maximum atomic E-state index is 12.1. The zero-order chi connectivity index (χ0) is 13.8. The summed E-state index contributed by atoms with van der Waals surface area (Å²) in [5.74, 6) is 0.836. The Morgan fingerprint density at radius 3 is 2.89 bits per heavy atom. The van der Waals surface area contributed by atoms with Crippen molar-refractivity contribution >= 4 is 29.1 Å². The van der Waals surface area contributed by atoms with Gasteiger partial charge in [-0.25, -0.2) is 0 Å². The molecule has 0 spiro atoms. The summed E-state index contributed by atoms with van der Waals surface area (Å²) in [6.07, 6.45) is 3.08. The molecular formula is C14H17Cl2NO2. The highest BCUT2D eigenvalue weighted by Gasteiger charge is 2.23. The van der Waals surface area contributed by atoms with Crippen molar-refractivity contribution in [1.29, 1.82) is 0 Å². The molecule has 1 N–H and O–H groups in total. The fourth-order valence-corrected chi connectivity index (χ4v) is 2.92. The Hall–Kier alpha value is -0.930. The Kier molecular flexibility index (Phi) is 4.94. The lowest BCUT2D eigenvalue weighted by molar-refractivity contribution is 0.0944. The van der Waals surface area contributed by atoms with Crippen LogP contribution in [-0.4, -0.2) is 24.9 Å². The van der Waals surface area contributed by atoms with E-state index in [1.807, 2.05) is 0 Å². The number of halogens is 2. The van der Waals surface area contributed by atoms with Gasteiger partial charge in [-0.3, -0.25) is 4.79 Å². The van der Waals surface area contributed by atoms with E-state index in [2.05, 4.69) is 5.32 Å². The highest BCUT2D eigenvalue weighted by molar-refractivity contribution is 6.30. The Bertz CT molecular complexity index is 465. The molecule has 1 aromatic carbocycles. The number of alkyl halides is 1. The molecular weight excluding hydrogens is 285 g/mol. The first-order valence-electron chi connectivity index (χ1n) is 6.36. The number of hydrogen-bond acceptors (Lipinski definition) is 2. The first-order chi connectivity index (χ1) is 9.10. The van der Waals surface area contributed by atoms with Gasteiger partial charge in [0.1, 0.15) is 5.75 Å². The van der Waals surface area contributed by atoms with Gasteiger partial charge < -0.3 is 10.1 Å². The summed E-state index contributed by atoms with van der Waals surface area (Å²) >= 11 is 11.9. The van der Waals surface area contributed by atoms with E-state index in [0.717, 1.165) is 19.3 Å². The summed E-state index contributed by atoms with van der Waals surface area (Å²) in [4.78, 5) is 12.1. The predicted molar refractivity (Wildman–Crippen MR) is 77.3 cm³/mol. The number of hydrogen-bond donors (Lipinski definition) is 1. The lowest BCUT2D eigenvalue weighted by Gasteiger charge is -2.13. The van der Waals surface area contributed by atoms with Gasteiger partial charge in [-0.15, -0.1) is 11.6 Å². The van der Waals surface area contributed by atoms with Gasteiger partial charge in [-0.2, -0.15) is 0 Å². The molecule has 2 unspecified atom stereocenters. The van der Waals surface area contributed by atoms with Crippen molar-refractivity contribution in [2.45, 2.75) is 24.6 Å². The summed E-state index contributed by atoms with van der Waals surface area (Å²) in [6.45, 7) is 0.661. The van der Waals surface area contributed by atoms with Crippen molar-refractivity contribution in [2.75, 3.05) is 13.7 Å². The molecule has 1 aliphatic carbocycles. The van der Waals surface area contributed by atoms with Gasteiger partial charge in [-0.05, 0) is 43.4 Å². The van der Waals surface area contributed by atoms with Gasteiger partial charge in [0, 0.05) is 16.9 Å². The van der Waals surface area contributed by atoms with E-state index in [-0.39, 0.29) is 11.3 Å². The van der Waals surface area contributed by atoms with Crippen molar-refractivity contribution in [1.82, 2.24) is 5.32 Å². The number of methoxy groups -OCH3 is 1. The smallest absolute Gasteiger partial charge is 0.255 e. The molecule has 0 bridgehead atoms. The molecule has 0 aromatic heterocycles. The quantitative estimate of drug-likeness (QED) is 0.865. The maximum Gasteiger partial charge on any atom is 0.255 e. The van der Waals surface area contributed by atoms with Crippen LogP contribution >= 0.6 is 23.2 Å². The Balaban J connectivity index is 1.96. The second kappa shape index (κ2) is 6.49. The van der Waals surface area contributed by atoms with Crippen LogP contribution in [-0.2, 0) is 0 Å². The third kappa shape index (κ3) is 3.77. The third-order valence-electron chi connectivity index (χ3n) is 3.44. The number of nitrogens with one attached hydrogen (secondary N) is 1. The van der Waals surface area contributed by atoms with Crippen LogP contribution in [0.2, 0.25) is 5.02 Å². The molecule has 1 aliphatic rings. The molecule has 2 rings (SSSR count). The second-order valence-corrected chi connectivity index (χ2v) is 5.88. The van der Waals surface area contributed by atoms with Crippen LogP contribution in [0.1, 0.15) is 29.6 Å². The SMILES string of the molecule is COc1cc(Cl)ccc1C(=O)NCC1CCC(Cl)C1. The number of ether oxygens (including phenoxy) is 1. The molecule has 5 heteroatoms. The first kappa shape index (κ1) is 14.5. The zero-order valence-electron chi connectivity index (χ0n) is 10.8. The fourth-order valence-electron chi connectivity index (χ4n) is 2.38. The average molecular weight is 302 g/mol. The first-order valence-corrected chi connectivity index (χ1v) is 7.17. The minimum absolute atomic E-state index is 0.133. The van der Waals surface area contributed by atoms with Crippen LogP contribution < -0.4 is 10.1 Å². The third-order valence-corrected chi connectivity index (χ3v) is 4.07. The van der Waals surface area contributed by atoms with Crippen LogP contribution in [0.5, 0.6) is 5.75 Å². The summed E-state index contributed by atoms with van der Waals surface area (Å²) in [5, 5.41) is 3.74. The number of carbonyl (C=O) groups is 1. The van der Waals surface area contributed by atoms with Crippen LogP contribution in [0.15, 0.2) is 18.2 Å². The number of benzene rings is 1. The van der Waals surface area contributed by atoms with Crippen molar-refractivity contribution in [2.24, 2.45) is 5.92 Å². The number of amides is 1. The van der Waals surface area contributed by atoms with Crippen LogP contribution in [0.4, 0.5) is 0 Å². The van der Waals surface area contributed by atoms with E-state index in [0.29, 0.717) is 28.8 Å². The monoisotopic (exact) mass is 301 g/mol. The van der Waals surface area contributed by atoms with Crippen molar-refractivity contribution in [3.63, 3.8) is 0 Å². The Labute approximate surface area is 123 Å². The fraction of sp³-hybridized carbons (Fsp3) is 0.500. The average Bonchev–Trinajstić information content (AvgIpc) is 2.81. The summed E-state index contributed by atoms with van der Waals surface area (Å²) < 4.78 is 5.17. The van der Waals surface area contributed by atoms with Crippen LogP contribution in [0, 0.1) is 5.92 Å². The number of carbonyl (C=O) groups excluding carboxylic acids is 1. The number of rotatable bonds is 4. The van der Waals surface area contributed by atoms with Crippen LogP contribution in [0.25, 0.3) is 0 Å². The minimum atomic E-state index is -0.133. The molecule has 0 heterocycles. The van der Waals surface area contributed by atoms with Gasteiger partial charge in [0.2, 0.25) is 0 Å². The summed E-state index contributed by atoms with van der Waals surface area (Å²) in [5.41, 5.74) is 0.507. The maximum absolute atomic E-state index is 12.1. The Morgan fingerprint density at radius 2 is 2.26 bits per heavy atom. The summed E-state index contributed by atoms with van der Waals surface area (Å²) in [6, 6.07) is 5.00. The van der Waals surface area contributed by atoms with Gasteiger partial charge in [-0.1, -0.05) is 11.6 Å². The normalized spacial score (nSPS) is 22.3. The topological polar surface area (TPSA) is 38.3 Å². The molecule has 0 radical (unpaired) electrons. The minimum Gasteiger partial charge on any atom is -0.496 e. The Morgan fingerprint density at radius 1 is 1.47 bits per heavy atom. The highest BCUT2D eigenvalue weighted by atomic mass is 35.5. The zero-order valence-corrected chi connectivity index (χ0v) is 12.3. The molecule has 104 valence electrons. The second-order valence-electron chi connectivity index (χ2n) is 4.83. The van der Waals surface area contributed by atoms with E-state index in [1.165, 1.54) is 7.11 Å². The molecule has 1 fully saturated rings. The predicted octanol–water partition coefficient (Wildman–Crippen LogP) is 3.49. The lowest BCUT2D eigenvalue weighted by Crippen LogP contribution is -2.28. The van der Waals surface area contributed by atoms with E-state index in [4.69, 9.17) is 27.9 Å². The van der Waals surface area contributed by atoms with Crippen LogP contribution in [0.3, 0.4) is 0 Å². The van der Waals surface area contributed by atoms with Crippen molar-refractivity contribution < 1.29 is 9.53 Å². The van der Waals surface area contributed by atoms with Gasteiger partial charge in [0.25, 0.3) is 5.91 Å². The van der Waals surface area contributed by atoms with Crippen molar-refractivity contribution in [3.05, 3.63) is 28.8 Å². The summed E-state index contributed by atoms with van der Waals surface area (Å²) in [7, 11) is 1.53. The van der Waals surface area contributed by atoms with Crippen molar-refractivity contribution in [3.8, 4) is 5.75 Å². The van der Waals surface area contributed by atoms with Gasteiger partial charge >= 0.3 is 0 Å². The lowest BCUT2D eigenvalue weighted by atomic mass is 10.1. The molecule has 19 heavy (non-hydrogen) atoms. The van der Waals surface area contributed by atoms with Gasteiger partial charge in [0.15, 0.2) is 0 Å². The molecule has 1 amide bonds. The molecule has 0 saturated heterocycles. The highest BCUT2D eigenvalue weighted by Crippen LogP contribution is 2.29.